The Morgan fingerprint density at radius 3 is 2.67 bits per heavy atom. The predicted molar refractivity (Wildman–Crippen MR) is 105 cm³/mol. The minimum absolute atomic E-state index is 0.169. The van der Waals surface area contributed by atoms with E-state index in [0.717, 1.165) is 22.0 Å². The van der Waals surface area contributed by atoms with Gasteiger partial charge in [0.1, 0.15) is 0 Å². The lowest BCUT2D eigenvalue weighted by Gasteiger charge is -2.26. The molecule has 4 rings (SSSR count). The van der Waals surface area contributed by atoms with E-state index in [4.69, 9.17) is 0 Å². The van der Waals surface area contributed by atoms with Gasteiger partial charge in [-0.25, -0.2) is 9.67 Å². The van der Waals surface area contributed by atoms with Gasteiger partial charge in [0.25, 0.3) is 10.2 Å². The van der Waals surface area contributed by atoms with E-state index >= 15 is 0 Å². The highest BCUT2D eigenvalue weighted by Crippen LogP contribution is 2.24. The van der Waals surface area contributed by atoms with Crippen LogP contribution in [-0.2, 0) is 16.8 Å². The van der Waals surface area contributed by atoms with Crippen LogP contribution in [0.3, 0.4) is 0 Å². The van der Waals surface area contributed by atoms with Crippen molar-refractivity contribution in [3.05, 3.63) is 53.7 Å². The number of piperazine rings is 1. The lowest BCUT2D eigenvalue weighted by molar-refractivity contribution is 0.354. The highest BCUT2D eigenvalue weighted by Gasteiger charge is 2.24. The Labute approximate surface area is 162 Å². The van der Waals surface area contributed by atoms with E-state index in [-0.39, 0.29) is 6.54 Å². The van der Waals surface area contributed by atoms with Crippen molar-refractivity contribution in [1.82, 2.24) is 29.1 Å². The third kappa shape index (κ3) is 4.09. The van der Waals surface area contributed by atoms with E-state index in [1.807, 2.05) is 41.9 Å². The number of aromatic nitrogens is 3. The molecule has 2 N–H and O–H groups in total. The van der Waals surface area contributed by atoms with E-state index in [2.05, 4.69) is 20.1 Å². The molecule has 10 heteroatoms. The van der Waals surface area contributed by atoms with Gasteiger partial charge in [-0.05, 0) is 0 Å². The summed E-state index contributed by atoms with van der Waals surface area (Å²) in [5, 5.41) is 10.4. The van der Waals surface area contributed by atoms with Crippen molar-refractivity contribution in [3.63, 3.8) is 0 Å². The molecule has 1 aliphatic rings. The second-order valence-electron chi connectivity index (χ2n) is 6.10. The molecule has 1 aliphatic heterocycles. The van der Waals surface area contributed by atoms with Crippen LogP contribution in [0, 0.1) is 0 Å². The fourth-order valence-corrected chi connectivity index (χ4v) is 4.70. The molecule has 0 amide bonds. The molecule has 1 saturated heterocycles. The Morgan fingerprint density at radius 1 is 1.19 bits per heavy atom. The molecule has 0 radical (unpaired) electrons. The lowest BCUT2D eigenvalue weighted by Crippen LogP contribution is -2.50. The van der Waals surface area contributed by atoms with Crippen molar-refractivity contribution < 1.29 is 8.42 Å². The molecule has 3 aromatic rings. The quantitative estimate of drug-likeness (QED) is 0.645. The maximum atomic E-state index is 12.6. The summed E-state index contributed by atoms with van der Waals surface area (Å²) in [5.41, 5.74) is 2.48. The zero-order valence-corrected chi connectivity index (χ0v) is 16.2. The van der Waals surface area contributed by atoms with Crippen LogP contribution in [0.4, 0.5) is 0 Å². The van der Waals surface area contributed by atoms with Crippen molar-refractivity contribution in [3.8, 4) is 16.4 Å². The van der Waals surface area contributed by atoms with E-state index in [1.165, 1.54) is 15.6 Å². The molecule has 0 atom stereocenters. The molecule has 0 bridgehead atoms. The van der Waals surface area contributed by atoms with Gasteiger partial charge in [0.05, 0.1) is 5.69 Å². The zero-order valence-electron chi connectivity index (χ0n) is 14.6. The molecule has 0 unspecified atom stereocenters. The summed E-state index contributed by atoms with van der Waals surface area (Å²) < 4.78 is 31.1. The summed E-state index contributed by atoms with van der Waals surface area (Å²) in [5.74, 6) is 0. The van der Waals surface area contributed by atoms with Gasteiger partial charge < -0.3 is 5.32 Å². The summed E-state index contributed by atoms with van der Waals surface area (Å²) in [6.07, 6.45) is 3.55. The van der Waals surface area contributed by atoms with Crippen LogP contribution in [0.1, 0.15) is 5.56 Å². The summed E-state index contributed by atoms with van der Waals surface area (Å²) >= 11 is 1.48. The van der Waals surface area contributed by atoms with Crippen molar-refractivity contribution in [2.24, 2.45) is 0 Å². The van der Waals surface area contributed by atoms with Crippen LogP contribution in [0.15, 0.2) is 48.1 Å². The van der Waals surface area contributed by atoms with Crippen LogP contribution in [0.2, 0.25) is 0 Å². The van der Waals surface area contributed by atoms with Crippen LogP contribution in [-0.4, -0.2) is 53.7 Å². The first kappa shape index (κ1) is 18.3. The molecular formula is C17H20N6O2S2. The average Bonchev–Trinajstić information content (AvgIpc) is 3.38. The van der Waals surface area contributed by atoms with Gasteiger partial charge in [-0.1, -0.05) is 30.3 Å². The van der Waals surface area contributed by atoms with Gasteiger partial charge in [-0.15, -0.1) is 11.3 Å². The lowest BCUT2D eigenvalue weighted by atomic mass is 10.1. The largest absolute Gasteiger partial charge is 0.314 e. The number of benzene rings is 1. The van der Waals surface area contributed by atoms with Crippen molar-refractivity contribution in [2.45, 2.75) is 6.54 Å². The molecule has 1 fully saturated rings. The second-order valence-corrected chi connectivity index (χ2v) is 8.73. The molecule has 8 nitrogen and oxygen atoms in total. The minimum Gasteiger partial charge on any atom is -0.314 e. The first-order valence-corrected chi connectivity index (χ1v) is 10.9. The van der Waals surface area contributed by atoms with Crippen molar-refractivity contribution >= 4 is 21.5 Å². The number of rotatable bonds is 6. The first-order valence-electron chi connectivity index (χ1n) is 8.63. The topological polar surface area (TPSA) is 92.1 Å². The molecule has 142 valence electrons. The van der Waals surface area contributed by atoms with E-state index < -0.39 is 10.2 Å². The minimum atomic E-state index is -3.53. The van der Waals surface area contributed by atoms with Crippen LogP contribution in [0.25, 0.3) is 16.4 Å². The van der Waals surface area contributed by atoms with Gasteiger partial charge in [0.2, 0.25) is 5.13 Å². The monoisotopic (exact) mass is 404 g/mol. The Morgan fingerprint density at radius 2 is 1.96 bits per heavy atom. The normalized spacial score (nSPS) is 15.9. The maximum Gasteiger partial charge on any atom is 0.279 e. The Balaban J connectivity index is 1.61. The van der Waals surface area contributed by atoms with E-state index in [1.54, 1.807) is 10.9 Å². The fourth-order valence-electron chi connectivity index (χ4n) is 2.95. The molecule has 1 aromatic carbocycles. The SMILES string of the molecule is O=S(=O)(NCc1cn(-c2nccs2)nc1-c1ccccc1)N1CCNCC1. The Hall–Kier alpha value is -2.11. The molecule has 3 heterocycles. The fraction of sp³-hybridized carbons (Fsp3) is 0.294. The van der Waals surface area contributed by atoms with Gasteiger partial charge in [0.15, 0.2) is 0 Å². The number of hydrogen-bond donors (Lipinski definition) is 2. The third-order valence-corrected chi connectivity index (χ3v) is 6.63. The maximum absolute atomic E-state index is 12.6. The molecule has 2 aromatic heterocycles. The summed E-state index contributed by atoms with van der Waals surface area (Å²) in [6.45, 7) is 2.44. The van der Waals surface area contributed by atoms with Gasteiger partial charge >= 0.3 is 0 Å². The first-order chi connectivity index (χ1) is 13.1. The second kappa shape index (κ2) is 7.87. The van der Waals surface area contributed by atoms with Crippen LogP contribution < -0.4 is 10.0 Å². The standard InChI is InChI=1S/C17H20N6O2S2/c24-27(25,22-9-6-18-7-10-22)20-12-15-13-23(17-19-8-11-26-17)21-16(15)14-4-2-1-3-5-14/h1-5,8,11,13,18,20H,6-7,9-10,12H2. The van der Waals surface area contributed by atoms with E-state index in [9.17, 15) is 8.42 Å². The molecule has 0 aliphatic carbocycles. The van der Waals surface area contributed by atoms with Crippen LogP contribution >= 0.6 is 11.3 Å². The summed E-state index contributed by atoms with van der Waals surface area (Å²) in [7, 11) is -3.53. The predicted octanol–water partition coefficient (Wildman–Crippen LogP) is 1.24. The molecule has 27 heavy (non-hydrogen) atoms. The number of thiazole rings is 1. The van der Waals surface area contributed by atoms with Crippen LogP contribution in [0.5, 0.6) is 0 Å². The van der Waals surface area contributed by atoms with Crippen molar-refractivity contribution in [2.75, 3.05) is 26.2 Å². The smallest absolute Gasteiger partial charge is 0.279 e. The molecule has 0 spiro atoms. The zero-order chi connectivity index (χ0) is 18.7. The summed E-state index contributed by atoms with van der Waals surface area (Å²) in [4.78, 5) is 4.28. The van der Waals surface area contributed by atoms with Gasteiger partial charge in [-0.3, -0.25) is 0 Å². The number of hydrogen-bond acceptors (Lipinski definition) is 6. The highest BCUT2D eigenvalue weighted by molar-refractivity contribution is 7.87. The third-order valence-electron chi connectivity index (χ3n) is 4.31. The van der Waals surface area contributed by atoms with Gasteiger partial charge in [0, 0.05) is 61.6 Å². The number of nitrogens with one attached hydrogen (secondary N) is 2. The highest BCUT2D eigenvalue weighted by atomic mass is 32.2. The summed E-state index contributed by atoms with van der Waals surface area (Å²) in [6, 6.07) is 9.73. The Kier molecular flexibility index (Phi) is 5.32. The number of nitrogens with zero attached hydrogens (tertiary/aromatic N) is 4. The van der Waals surface area contributed by atoms with E-state index in [0.29, 0.717) is 26.2 Å². The van der Waals surface area contributed by atoms with Crippen molar-refractivity contribution in [1.29, 1.82) is 0 Å². The van der Waals surface area contributed by atoms with Gasteiger partial charge in [-0.2, -0.15) is 22.5 Å². The molecule has 0 saturated carbocycles. The molecular weight excluding hydrogens is 384 g/mol. The Bertz CT molecular complexity index is 980. The average molecular weight is 405 g/mol.